The second-order valence-corrected chi connectivity index (χ2v) is 9.14. The van der Waals surface area contributed by atoms with Gasteiger partial charge in [0.2, 0.25) is 0 Å². The first-order valence-electron chi connectivity index (χ1n) is 13.1. The molecule has 0 saturated heterocycles. The molecule has 8 heteroatoms. The first kappa shape index (κ1) is 29.1. The van der Waals surface area contributed by atoms with Crippen LogP contribution in [0.5, 0.6) is 0 Å². The molecule has 0 aliphatic rings. The molecule has 0 bridgehead atoms. The van der Waals surface area contributed by atoms with Gasteiger partial charge in [0.15, 0.2) is 0 Å². The second kappa shape index (κ2) is 13.8. The number of likely N-dealkylation sites (N-methyl/N-ethyl adjacent to an activating group) is 2. The lowest BCUT2D eigenvalue weighted by atomic mass is 10.3. The standard InChI is InChI=1S/C28H42N6O2/c1-7-33(8-2,9-3)21-27(35)29-23-13-17-25(18-14-23)31-32-26-19-15-24(16-20-26)30-28(36)22-34(10-4,11-5)12-6/h13-20H,7-12,21-22H2,1-6H3. The van der Waals surface area contributed by atoms with Crippen molar-refractivity contribution in [3.63, 3.8) is 0 Å². The number of quaternary nitrogens is 2. The number of hydrogen-bond donors (Lipinski definition) is 0. The smallest absolute Gasteiger partial charge is 0.108 e. The molecule has 0 atom stereocenters. The molecule has 0 aliphatic carbocycles. The molecule has 0 fully saturated rings. The molecule has 8 nitrogen and oxygen atoms in total. The molecule has 2 rings (SSSR count). The summed E-state index contributed by atoms with van der Waals surface area (Å²) in [4.78, 5) is 8.51. The van der Waals surface area contributed by atoms with E-state index in [1.807, 2.05) is 0 Å². The highest BCUT2D eigenvalue weighted by Crippen LogP contribution is 2.24. The van der Waals surface area contributed by atoms with E-state index in [9.17, 15) is 10.2 Å². The maximum absolute atomic E-state index is 12.5. The van der Waals surface area contributed by atoms with Gasteiger partial charge in [0, 0.05) is 11.8 Å². The number of hydrogen-bond acceptors (Lipinski definition) is 6. The second-order valence-electron chi connectivity index (χ2n) is 9.14. The summed E-state index contributed by atoms with van der Waals surface area (Å²) in [6.07, 6.45) is 0. The van der Waals surface area contributed by atoms with E-state index in [-0.39, 0.29) is 11.8 Å². The molecule has 2 aromatic rings. The molecule has 0 aliphatic heterocycles. The molecule has 196 valence electrons. The van der Waals surface area contributed by atoms with Crippen molar-refractivity contribution >= 4 is 34.5 Å². The molecule has 36 heavy (non-hydrogen) atoms. The first-order valence-corrected chi connectivity index (χ1v) is 13.1. The van der Waals surface area contributed by atoms with E-state index in [1.54, 1.807) is 48.5 Å². The lowest BCUT2D eigenvalue weighted by molar-refractivity contribution is -0.916. The molecule has 0 radical (unpaired) electrons. The van der Waals surface area contributed by atoms with Crippen molar-refractivity contribution in [1.82, 2.24) is 0 Å². The largest absolute Gasteiger partial charge is 0.858 e. The molecule has 0 saturated carbocycles. The summed E-state index contributed by atoms with van der Waals surface area (Å²) in [5.41, 5.74) is 2.57. The highest BCUT2D eigenvalue weighted by atomic mass is 16.3. The van der Waals surface area contributed by atoms with Crippen LogP contribution in [0.3, 0.4) is 0 Å². The van der Waals surface area contributed by atoms with E-state index in [1.165, 1.54) is 0 Å². The predicted molar refractivity (Wildman–Crippen MR) is 145 cm³/mol. The van der Waals surface area contributed by atoms with Gasteiger partial charge in [0.25, 0.3) is 0 Å². The SMILES string of the molecule is CC[N+](CC)(CC)CC([O-])=Nc1ccc(N=Nc2ccc(N=C([O-])C[N+](CC)(CC)CC)cc2)cc1. The Morgan fingerprint density at radius 1 is 0.500 bits per heavy atom. The molecule has 0 N–H and O–H groups in total. The Balaban J connectivity index is 2.02. The van der Waals surface area contributed by atoms with Crippen LogP contribution in [0.25, 0.3) is 0 Å². The van der Waals surface area contributed by atoms with Crippen LogP contribution in [0.15, 0.2) is 68.7 Å². The fourth-order valence-corrected chi connectivity index (χ4v) is 4.25. The van der Waals surface area contributed by atoms with Crippen molar-refractivity contribution in [2.24, 2.45) is 20.2 Å². The van der Waals surface area contributed by atoms with Gasteiger partial charge in [-0.2, -0.15) is 10.2 Å². The number of rotatable bonds is 14. The number of azo groups is 1. The van der Waals surface area contributed by atoms with E-state index in [0.717, 1.165) is 48.2 Å². The van der Waals surface area contributed by atoms with Crippen molar-refractivity contribution in [1.29, 1.82) is 0 Å². The summed E-state index contributed by atoms with van der Waals surface area (Å²) in [6.45, 7) is 18.9. The van der Waals surface area contributed by atoms with Crippen LogP contribution in [-0.2, 0) is 0 Å². The summed E-state index contributed by atoms with van der Waals surface area (Å²) in [5.74, 6) is -0.217. The van der Waals surface area contributed by atoms with Crippen LogP contribution < -0.4 is 10.2 Å². The first-order chi connectivity index (χ1) is 17.3. The highest BCUT2D eigenvalue weighted by Gasteiger charge is 2.20. The molecule has 0 spiro atoms. The summed E-state index contributed by atoms with van der Waals surface area (Å²) in [6, 6.07) is 14.3. The van der Waals surface area contributed by atoms with Crippen LogP contribution in [0.2, 0.25) is 0 Å². The number of nitrogens with zero attached hydrogens (tertiary/aromatic N) is 6. The Labute approximate surface area is 216 Å². The summed E-state index contributed by atoms with van der Waals surface area (Å²) >= 11 is 0. The fraction of sp³-hybridized carbons (Fsp3) is 0.500. The Morgan fingerprint density at radius 2 is 0.750 bits per heavy atom. The van der Waals surface area contributed by atoms with E-state index >= 15 is 0 Å². The summed E-state index contributed by atoms with van der Waals surface area (Å²) in [5, 5.41) is 33.4. The average Bonchev–Trinajstić information content (AvgIpc) is 2.91. The maximum atomic E-state index is 12.5. The van der Waals surface area contributed by atoms with Gasteiger partial charge in [-0.1, -0.05) is 0 Å². The van der Waals surface area contributed by atoms with Crippen LogP contribution in [0.4, 0.5) is 22.7 Å². The molecule has 0 heterocycles. The van der Waals surface area contributed by atoms with Crippen molar-refractivity contribution in [3.05, 3.63) is 48.5 Å². The van der Waals surface area contributed by atoms with E-state index in [4.69, 9.17) is 0 Å². The Kier molecular flexibility index (Phi) is 11.2. The maximum Gasteiger partial charge on any atom is 0.108 e. The lowest BCUT2D eigenvalue weighted by Gasteiger charge is -2.37. The van der Waals surface area contributed by atoms with Gasteiger partial charge in [-0.3, -0.25) is 9.98 Å². The quantitative estimate of drug-likeness (QED) is 0.166. The zero-order chi connectivity index (χ0) is 26.6. The molecular weight excluding hydrogens is 452 g/mol. The zero-order valence-corrected chi connectivity index (χ0v) is 22.8. The Hall–Kier alpha value is -3.10. The van der Waals surface area contributed by atoms with Gasteiger partial charge in [0.1, 0.15) is 13.1 Å². The predicted octanol–water partition coefficient (Wildman–Crippen LogP) is 4.64. The molecule has 0 aromatic heterocycles. The van der Waals surface area contributed by atoms with E-state index < -0.39 is 0 Å². The molecule has 2 aromatic carbocycles. The fourth-order valence-electron chi connectivity index (χ4n) is 4.25. The summed E-state index contributed by atoms with van der Waals surface area (Å²) in [7, 11) is 0. The normalized spacial score (nSPS) is 13.5. The van der Waals surface area contributed by atoms with Crippen molar-refractivity contribution < 1.29 is 19.2 Å². The minimum absolute atomic E-state index is 0.109. The monoisotopic (exact) mass is 494 g/mol. The third-order valence-corrected chi connectivity index (χ3v) is 7.45. The van der Waals surface area contributed by atoms with Crippen molar-refractivity contribution in [2.45, 2.75) is 41.5 Å². The van der Waals surface area contributed by atoms with Gasteiger partial charge < -0.3 is 19.2 Å². The van der Waals surface area contributed by atoms with Crippen LogP contribution in [-0.4, -0.2) is 73.1 Å². The number of aliphatic imine (C=N–C) groups is 2. The molecule has 0 amide bonds. The van der Waals surface area contributed by atoms with Gasteiger partial charge in [0.05, 0.1) is 62.0 Å². The van der Waals surface area contributed by atoms with Gasteiger partial charge in [-0.05, 0) is 90.1 Å². The average molecular weight is 495 g/mol. The third kappa shape index (κ3) is 8.24. The summed E-state index contributed by atoms with van der Waals surface area (Å²) < 4.78 is 1.48. The minimum atomic E-state index is -0.109. The van der Waals surface area contributed by atoms with Crippen molar-refractivity contribution in [2.75, 3.05) is 52.4 Å². The topological polar surface area (TPSA) is 95.6 Å². The van der Waals surface area contributed by atoms with Crippen LogP contribution in [0, 0.1) is 0 Å². The van der Waals surface area contributed by atoms with Crippen molar-refractivity contribution in [3.8, 4) is 0 Å². The Morgan fingerprint density at radius 3 is 1.00 bits per heavy atom. The Bertz CT molecular complexity index is 921. The van der Waals surface area contributed by atoms with E-state index in [0.29, 0.717) is 35.8 Å². The van der Waals surface area contributed by atoms with Crippen LogP contribution in [0.1, 0.15) is 41.5 Å². The van der Waals surface area contributed by atoms with Crippen LogP contribution >= 0.6 is 0 Å². The zero-order valence-electron chi connectivity index (χ0n) is 22.8. The number of benzene rings is 2. The highest BCUT2D eigenvalue weighted by molar-refractivity contribution is 5.77. The lowest BCUT2D eigenvalue weighted by Crippen LogP contribution is -2.53. The van der Waals surface area contributed by atoms with E-state index in [2.05, 4.69) is 61.8 Å². The molecular formula is C28H42N6O2. The van der Waals surface area contributed by atoms with Gasteiger partial charge in [-0.15, -0.1) is 0 Å². The third-order valence-electron chi connectivity index (χ3n) is 7.45. The van der Waals surface area contributed by atoms with Gasteiger partial charge in [-0.25, -0.2) is 0 Å². The molecule has 0 unspecified atom stereocenters. The minimum Gasteiger partial charge on any atom is -0.858 e. The van der Waals surface area contributed by atoms with Gasteiger partial charge >= 0.3 is 0 Å².